The zero-order valence-electron chi connectivity index (χ0n) is 16.1. The number of amides is 1. The van der Waals surface area contributed by atoms with E-state index in [9.17, 15) is 18.0 Å². The normalized spacial score (nSPS) is 18.0. The molecule has 2 aromatic heterocycles. The van der Waals surface area contributed by atoms with E-state index in [0.29, 0.717) is 28.2 Å². The Kier molecular flexibility index (Phi) is 4.69. The quantitative estimate of drug-likeness (QED) is 0.679. The second-order valence-corrected chi connectivity index (χ2v) is 7.24. The van der Waals surface area contributed by atoms with Crippen molar-refractivity contribution in [3.05, 3.63) is 41.7 Å². The average molecular weight is 434 g/mol. The zero-order chi connectivity index (χ0) is 21.6. The van der Waals surface area contributed by atoms with Gasteiger partial charge in [-0.15, -0.1) is 0 Å². The molecule has 162 valence electrons. The molecule has 3 aromatic rings. The van der Waals surface area contributed by atoms with Gasteiger partial charge in [-0.2, -0.15) is 18.3 Å². The molecule has 1 amide bonds. The van der Waals surface area contributed by atoms with E-state index in [1.165, 1.54) is 6.07 Å². The predicted molar refractivity (Wildman–Crippen MR) is 101 cm³/mol. The number of fused-ring (bicyclic) bond motifs is 2. The monoisotopic (exact) mass is 434 g/mol. The Morgan fingerprint density at radius 2 is 2.03 bits per heavy atom. The molecular weight excluding hydrogens is 417 g/mol. The number of nitrogens with one attached hydrogen (secondary N) is 1. The van der Waals surface area contributed by atoms with Crippen LogP contribution in [0.3, 0.4) is 0 Å². The Morgan fingerprint density at radius 1 is 1.19 bits per heavy atom. The van der Waals surface area contributed by atoms with Crippen molar-refractivity contribution < 1.29 is 32.2 Å². The van der Waals surface area contributed by atoms with Crippen molar-refractivity contribution in [1.82, 2.24) is 19.9 Å². The van der Waals surface area contributed by atoms with Gasteiger partial charge < -0.3 is 19.5 Å². The van der Waals surface area contributed by atoms with E-state index < -0.39 is 17.8 Å². The van der Waals surface area contributed by atoms with Crippen LogP contribution in [0, 0.1) is 0 Å². The molecule has 0 spiro atoms. The molecule has 1 fully saturated rings. The number of hydrogen-bond donors (Lipinski definition) is 1. The maximum absolute atomic E-state index is 13.7. The smallest absolute Gasteiger partial charge is 0.433 e. The lowest BCUT2D eigenvalue weighted by Gasteiger charge is -2.11. The maximum atomic E-state index is 13.7. The Bertz CT molecular complexity index is 1160. The number of aromatic nitrogens is 3. The Labute approximate surface area is 173 Å². The highest BCUT2D eigenvalue weighted by molar-refractivity contribution is 5.93. The second-order valence-electron chi connectivity index (χ2n) is 7.24. The first-order valence-corrected chi connectivity index (χ1v) is 9.66. The second kappa shape index (κ2) is 7.41. The molecule has 5 rings (SSSR count). The largest absolute Gasteiger partial charge is 0.454 e. The maximum Gasteiger partial charge on any atom is 0.433 e. The summed E-state index contributed by atoms with van der Waals surface area (Å²) in [6, 6.07) is 6.89. The van der Waals surface area contributed by atoms with Crippen LogP contribution in [0.1, 0.15) is 29.0 Å². The summed E-state index contributed by atoms with van der Waals surface area (Å²) in [6.07, 6.45) is -3.06. The van der Waals surface area contributed by atoms with Crippen molar-refractivity contribution in [3.63, 3.8) is 0 Å². The minimum atomic E-state index is -4.70. The van der Waals surface area contributed by atoms with Crippen LogP contribution >= 0.6 is 0 Å². The molecule has 2 aliphatic rings. The SMILES string of the molecule is O=C(NCC1CCCO1)c1cc2nc(-c3ccc4c(c3)OCO4)cc(C(F)(F)F)n2n1. The third-order valence-corrected chi connectivity index (χ3v) is 5.13. The van der Waals surface area contributed by atoms with Crippen LogP contribution in [0.4, 0.5) is 13.2 Å². The molecule has 1 aromatic carbocycles. The van der Waals surface area contributed by atoms with Gasteiger partial charge in [0.2, 0.25) is 6.79 Å². The summed E-state index contributed by atoms with van der Waals surface area (Å²) < 4.78 is 57.8. The van der Waals surface area contributed by atoms with Crippen LogP contribution in [0.2, 0.25) is 0 Å². The average Bonchev–Trinajstić information content (AvgIpc) is 3.50. The molecule has 1 saturated heterocycles. The molecule has 2 aliphatic heterocycles. The van der Waals surface area contributed by atoms with Gasteiger partial charge in [-0.05, 0) is 37.1 Å². The lowest BCUT2D eigenvalue weighted by molar-refractivity contribution is -0.142. The number of rotatable bonds is 4. The van der Waals surface area contributed by atoms with Crippen molar-refractivity contribution in [2.24, 2.45) is 0 Å². The fourth-order valence-corrected chi connectivity index (χ4v) is 3.59. The summed E-state index contributed by atoms with van der Waals surface area (Å²) in [5, 5.41) is 6.51. The van der Waals surface area contributed by atoms with Crippen molar-refractivity contribution >= 4 is 11.6 Å². The summed E-state index contributed by atoms with van der Waals surface area (Å²) >= 11 is 0. The summed E-state index contributed by atoms with van der Waals surface area (Å²) in [6.45, 7) is 0.956. The lowest BCUT2D eigenvalue weighted by atomic mass is 10.1. The van der Waals surface area contributed by atoms with Crippen molar-refractivity contribution in [2.75, 3.05) is 19.9 Å². The Morgan fingerprint density at radius 3 is 2.81 bits per heavy atom. The third-order valence-electron chi connectivity index (χ3n) is 5.13. The summed E-state index contributed by atoms with van der Waals surface area (Å²) in [4.78, 5) is 16.7. The number of halogens is 3. The first-order valence-electron chi connectivity index (χ1n) is 9.66. The molecule has 1 unspecified atom stereocenters. The summed E-state index contributed by atoms with van der Waals surface area (Å²) in [5.74, 6) is 0.351. The van der Waals surface area contributed by atoms with Gasteiger partial charge in [0.1, 0.15) is 0 Å². The molecular formula is C20H17F3N4O4. The fraction of sp³-hybridized carbons (Fsp3) is 0.350. The van der Waals surface area contributed by atoms with Crippen LogP contribution in [0.15, 0.2) is 30.3 Å². The minimum Gasteiger partial charge on any atom is -0.454 e. The van der Waals surface area contributed by atoms with Crippen LogP contribution in [0.5, 0.6) is 11.5 Å². The molecule has 0 radical (unpaired) electrons. The van der Waals surface area contributed by atoms with E-state index in [1.54, 1.807) is 18.2 Å². The van der Waals surface area contributed by atoms with Gasteiger partial charge in [-0.1, -0.05) is 0 Å². The number of carbonyl (C=O) groups is 1. The molecule has 1 atom stereocenters. The summed E-state index contributed by atoms with van der Waals surface area (Å²) in [5.41, 5.74) is -0.792. The first kappa shape index (κ1) is 19.6. The highest BCUT2D eigenvalue weighted by Gasteiger charge is 2.36. The molecule has 11 heteroatoms. The lowest BCUT2D eigenvalue weighted by Crippen LogP contribution is -2.32. The number of alkyl halides is 3. The third kappa shape index (κ3) is 3.76. The number of nitrogens with zero attached hydrogens (tertiary/aromatic N) is 3. The Balaban J connectivity index is 1.51. The predicted octanol–water partition coefficient (Wildman–Crippen LogP) is 3.05. The van der Waals surface area contributed by atoms with E-state index >= 15 is 0 Å². The van der Waals surface area contributed by atoms with Crippen molar-refractivity contribution in [2.45, 2.75) is 25.1 Å². The van der Waals surface area contributed by atoms with Gasteiger partial charge >= 0.3 is 6.18 Å². The van der Waals surface area contributed by atoms with Gasteiger partial charge in [-0.3, -0.25) is 4.79 Å². The summed E-state index contributed by atoms with van der Waals surface area (Å²) in [7, 11) is 0. The van der Waals surface area contributed by atoms with Gasteiger partial charge in [-0.25, -0.2) is 9.50 Å². The standard InChI is InChI=1S/C20H17F3N4O4/c21-20(22,23)17-7-13(11-3-4-15-16(6-11)31-10-30-15)25-18-8-14(26-27(17)18)19(28)24-9-12-2-1-5-29-12/h3-4,6-8,12H,1-2,5,9-10H2,(H,24,28). The van der Waals surface area contributed by atoms with E-state index in [-0.39, 0.29) is 36.5 Å². The van der Waals surface area contributed by atoms with Gasteiger partial charge in [0, 0.05) is 24.8 Å². The topological polar surface area (TPSA) is 87.0 Å². The molecule has 1 N–H and O–H groups in total. The number of ether oxygens (including phenoxy) is 3. The zero-order valence-corrected chi connectivity index (χ0v) is 16.1. The first-order chi connectivity index (χ1) is 14.9. The van der Waals surface area contributed by atoms with E-state index in [4.69, 9.17) is 14.2 Å². The molecule has 0 saturated carbocycles. The van der Waals surface area contributed by atoms with Gasteiger partial charge in [0.25, 0.3) is 5.91 Å². The number of carbonyl (C=O) groups excluding carboxylic acids is 1. The van der Waals surface area contributed by atoms with Crippen LogP contribution in [0.25, 0.3) is 16.9 Å². The Hall–Kier alpha value is -3.34. The molecule has 0 bridgehead atoms. The molecule has 8 nitrogen and oxygen atoms in total. The van der Waals surface area contributed by atoms with Gasteiger partial charge in [0.15, 0.2) is 28.5 Å². The molecule has 31 heavy (non-hydrogen) atoms. The van der Waals surface area contributed by atoms with Crippen LogP contribution < -0.4 is 14.8 Å². The van der Waals surface area contributed by atoms with Crippen molar-refractivity contribution in [3.8, 4) is 22.8 Å². The fourth-order valence-electron chi connectivity index (χ4n) is 3.59. The van der Waals surface area contributed by atoms with Gasteiger partial charge in [0.05, 0.1) is 11.8 Å². The highest BCUT2D eigenvalue weighted by Crippen LogP contribution is 2.37. The van der Waals surface area contributed by atoms with Crippen LogP contribution in [-0.2, 0) is 10.9 Å². The molecule has 0 aliphatic carbocycles. The minimum absolute atomic E-state index is 0.0477. The highest BCUT2D eigenvalue weighted by atomic mass is 19.4. The van der Waals surface area contributed by atoms with E-state index in [1.807, 2.05) is 0 Å². The number of hydrogen-bond acceptors (Lipinski definition) is 6. The molecule has 4 heterocycles. The van der Waals surface area contributed by atoms with E-state index in [2.05, 4.69) is 15.4 Å². The number of benzene rings is 1. The van der Waals surface area contributed by atoms with E-state index in [0.717, 1.165) is 18.9 Å². The van der Waals surface area contributed by atoms with Crippen LogP contribution in [-0.4, -0.2) is 46.6 Å². The van der Waals surface area contributed by atoms with Crippen molar-refractivity contribution in [1.29, 1.82) is 0 Å².